The highest BCUT2D eigenvalue weighted by atomic mass is 35.5. The summed E-state index contributed by atoms with van der Waals surface area (Å²) in [6.45, 7) is 1.85. The third-order valence-corrected chi connectivity index (χ3v) is 3.76. The van der Waals surface area contributed by atoms with Gasteiger partial charge in [-0.05, 0) is 37.2 Å². The Kier molecular flexibility index (Phi) is 5.18. The third kappa shape index (κ3) is 4.51. The van der Waals surface area contributed by atoms with Crippen LogP contribution in [0.25, 0.3) is 0 Å². The highest BCUT2D eigenvalue weighted by Crippen LogP contribution is 2.30. The Morgan fingerprint density at radius 1 is 1.50 bits per heavy atom. The lowest BCUT2D eigenvalue weighted by atomic mass is 9.88. The fraction of sp³-hybridized carbons (Fsp3) is 0.500. The zero-order valence-corrected chi connectivity index (χ0v) is 12.6. The van der Waals surface area contributed by atoms with Gasteiger partial charge in [0.25, 0.3) is 0 Å². The molecule has 1 aliphatic heterocycles. The van der Waals surface area contributed by atoms with Crippen molar-refractivity contribution in [2.45, 2.75) is 13.1 Å². The minimum absolute atomic E-state index is 0.0611. The van der Waals surface area contributed by atoms with Gasteiger partial charge in [0.1, 0.15) is 5.75 Å². The van der Waals surface area contributed by atoms with Gasteiger partial charge in [-0.2, -0.15) is 13.2 Å². The maximum Gasteiger partial charge on any atom is 0.422 e. The van der Waals surface area contributed by atoms with Crippen molar-refractivity contribution in [3.05, 3.63) is 23.2 Å². The number of amides is 1. The molecule has 122 valence electrons. The zero-order valence-electron chi connectivity index (χ0n) is 11.8. The maximum absolute atomic E-state index is 12.3. The number of halogens is 4. The highest BCUT2D eigenvalue weighted by Gasteiger charge is 2.30. The van der Waals surface area contributed by atoms with Gasteiger partial charge in [-0.25, -0.2) is 0 Å². The Morgan fingerprint density at radius 2 is 2.18 bits per heavy atom. The van der Waals surface area contributed by atoms with Gasteiger partial charge < -0.3 is 15.4 Å². The van der Waals surface area contributed by atoms with E-state index in [1.165, 1.54) is 18.2 Å². The van der Waals surface area contributed by atoms with Crippen molar-refractivity contribution in [2.75, 3.05) is 25.0 Å². The SMILES string of the molecule is CC(C(=O)Nc1cc(Cl)ccc1OCC(F)(F)F)C1CNC1. The topological polar surface area (TPSA) is 50.4 Å². The van der Waals surface area contributed by atoms with Gasteiger partial charge in [-0.1, -0.05) is 18.5 Å². The molecular formula is C14H16ClF3N2O2. The summed E-state index contributed by atoms with van der Waals surface area (Å²) in [5.41, 5.74) is 0.140. The Hall–Kier alpha value is -1.47. The van der Waals surface area contributed by atoms with Crippen LogP contribution in [0.3, 0.4) is 0 Å². The second-order valence-corrected chi connectivity index (χ2v) is 5.68. The first-order valence-corrected chi connectivity index (χ1v) is 7.15. The summed E-state index contributed by atoms with van der Waals surface area (Å²) in [4.78, 5) is 12.2. The average Bonchev–Trinajstić information content (AvgIpc) is 2.34. The molecule has 8 heteroatoms. The smallest absolute Gasteiger partial charge is 0.422 e. The van der Waals surface area contributed by atoms with E-state index in [4.69, 9.17) is 16.3 Å². The normalized spacial score (nSPS) is 16.8. The molecule has 0 spiro atoms. The first-order valence-electron chi connectivity index (χ1n) is 6.77. The van der Waals surface area contributed by atoms with Crippen molar-refractivity contribution < 1.29 is 22.7 Å². The number of benzene rings is 1. The molecular weight excluding hydrogens is 321 g/mol. The minimum Gasteiger partial charge on any atom is -0.482 e. The fourth-order valence-corrected chi connectivity index (χ4v) is 2.18. The van der Waals surface area contributed by atoms with Gasteiger partial charge in [0.05, 0.1) is 5.69 Å². The lowest BCUT2D eigenvalue weighted by molar-refractivity contribution is -0.153. The van der Waals surface area contributed by atoms with Crippen LogP contribution in [0.4, 0.5) is 18.9 Å². The van der Waals surface area contributed by atoms with Crippen LogP contribution in [0.15, 0.2) is 18.2 Å². The van der Waals surface area contributed by atoms with Crippen LogP contribution >= 0.6 is 11.6 Å². The van der Waals surface area contributed by atoms with Gasteiger partial charge in [-0.15, -0.1) is 0 Å². The average molecular weight is 337 g/mol. The van der Waals surface area contributed by atoms with Crippen LogP contribution in [0, 0.1) is 11.8 Å². The number of carbonyl (C=O) groups excluding carboxylic acids is 1. The molecule has 4 nitrogen and oxygen atoms in total. The lowest BCUT2D eigenvalue weighted by Crippen LogP contribution is -2.48. The van der Waals surface area contributed by atoms with E-state index in [1.807, 2.05) is 0 Å². The first-order chi connectivity index (χ1) is 10.3. The van der Waals surface area contributed by atoms with Crippen molar-refractivity contribution in [2.24, 2.45) is 11.8 Å². The van der Waals surface area contributed by atoms with Crippen molar-refractivity contribution >= 4 is 23.2 Å². The van der Waals surface area contributed by atoms with Crippen molar-refractivity contribution in [1.82, 2.24) is 5.32 Å². The number of alkyl halides is 3. The van der Waals surface area contributed by atoms with E-state index in [9.17, 15) is 18.0 Å². The fourth-order valence-electron chi connectivity index (χ4n) is 2.01. The molecule has 1 aromatic carbocycles. The maximum atomic E-state index is 12.3. The van der Waals surface area contributed by atoms with Crippen LogP contribution in [-0.2, 0) is 4.79 Å². The number of nitrogens with one attached hydrogen (secondary N) is 2. The predicted molar refractivity (Wildman–Crippen MR) is 77.2 cm³/mol. The second-order valence-electron chi connectivity index (χ2n) is 5.24. The molecule has 1 aromatic rings. The van der Waals surface area contributed by atoms with Crippen LogP contribution < -0.4 is 15.4 Å². The van der Waals surface area contributed by atoms with E-state index in [-0.39, 0.29) is 29.2 Å². The van der Waals surface area contributed by atoms with E-state index in [2.05, 4.69) is 10.6 Å². The van der Waals surface area contributed by atoms with Crippen LogP contribution in [0.1, 0.15) is 6.92 Å². The minimum atomic E-state index is -4.45. The first kappa shape index (κ1) is 16.9. The quantitative estimate of drug-likeness (QED) is 0.869. The van der Waals surface area contributed by atoms with Crippen molar-refractivity contribution in [3.8, 4) is 5.75 Å². The molecule has 0 aliphatic carbocycles. The number of carbonyl (C=O) groups is 1. The number of rotatable bonds is 5. The van der Waals surface area contributed by atoms with Gasteiger partial charge >= 0.3 is 6.18 Å². The summed E-state index contributed by atoms with van der Waals surface area (Å²) in [6, 6.07) is 4.08. The molecule has 2 N–H and O–H groups in total. The molecule has 22 heavy (non-hydrogen) atoms. The molecule has 1 atom stereocenters. The van der Waals surface area contributed by atoms with Gasteiger partial charge in [0, 0.05) is 10.9 Å². The number of hydrogen-bond donors (Lipinski definition) is 2. The Labute approximate surface area is 131 Å². The standard InChI is InChI=1S/C14H16ClF3N2O2/c1-8(9-5-19-6-9)13(21)20-11-4-10(15)2-3-12(11)22-7-14(16,17)18/h2-4,8-9,19H,5-7H2,1H3,(H,20,21). The van der Waals surface area contributed by atoms with Gasteiger partial charge in [-0.3, -0.25) is 4.79 Å². The van der Waals surface area contributed by atoms with E-state index in [0.29, 0.717) is 5.02 Å². The summed E-state index contributed by atoms with van der Waals surface area (Å²) in [7, 11) is 0. The van der Waals surface area contributed by atoms with Crippen LogP contribution in [0.5, 0.6) is 5.75 Å². The molecule has 1 fully saturated rings. The molecule has 2 rings (SSSR count). The summed E-state index contributed by atoms with van der Waals surface area (Å²) < 4.78 is 41.5. The van der Waals surface area contributed by atoms with E-state index >= 15 is 0 Å². The second kappa shape index (κ2) is 6.75. The van der Waals surface area contributed by atoms with Gasteiger partial charge in [0.2, 0.25) is 5.91 Å². The number of ether oxygens (including phenoxy) is 1. The molecule has 1 saturated heterocycles. The Balaban J connectivity index is 2.07. The van der Waals surface area contributed by atoms with E-state index in [1.54, 1.807) is 6.92 Å². The number of hydrogen-bond acceptors (Lipinski definition) is 3. The molecule has 1 amide bonds. The summed E-state index contributed by atoms with van der Waals surface area (Å²) in [6.07, 6.45) is -4.45. The predicted octanol–water partition coefficient (Wildman–Crippen LogP) is 3.08. The molecule has 0 bridgehead atoms. The zero-order chi connectivity index (χ0) is 16.3. The van der Waals surface area contributed by atoms with E-state index in [0.717, 1.165) is 13.1 Å². The Morgan fingerprint density at radius 3 is 2.73 bits per heavy atom. The molecule has 1 aliphatic rings. The van der Waals surface area contributed by atoms with Crippen molar-refractivity contribution in [3.63, 3.8) is 0 Å². The molecule has 0 aromatic heterocycles. The van der Waals surface area contributed by atoms with Crippen molar-refractivity contribution in [1.29, 1.82) is 0 Å². The lowest BCUT2D eigenvalue weighted by Gasteiger charge is -2.31. The van der Waals surface area contributed by atoms with Crippen LogP contribution in [0.2, 0.25) is 5.02 Å². The van der Waals surface area contributed by atoms with Crippen LogP contribution in [-0.4, -0.2) is 31.8 Å². The monoisotopic (exact) mass is 336 g/mol. The molecule has 1 heterocycles. The summed E-state index contributed by atoms with van der Waals surface area (Å²) in [5, 5.41) is 5.96. The van der Waals surface area contributed by atoms with E-state index < -0.39 is 12.8 Å². The molecule has 0 radical (unpaired) electrons. The van der Waals surface area contributed by atoms with Gasteiger partial charge in [0.15, 0.2) is 6.61 Å². The summed E-state index contributed by atoms with van der Waals surface area (Å²) in [5.74, 6) is -0.367. The third-order valence-electron chi connectivity index (χ3n) is 3.52. The highest BCUT2D eigenvalue weighted by molar-refractivity contribution is 6.31. The molecule has 0 saturated carbocycles. The molecule has 1 unspecified atom stereocenters. The summed E-state index contributed by atoms with van der Waals surface area (Å²) >= 11 is 5.83. The Bertz CT molecular complexity index is 547. The largest absolute Gasteiger partial charge is 0.482 e. The number of anilines is 1.